The normalized spacial score (nSPS) is 13.4. The van der Waals surface area contributed by atoms with Gasteiger partial charge in [0.1, 0.15) is 10.6 Å². The summed E-state index contributed by atoms with van der Waals surface area (Å²) in [6.45, 7) is 1.88. The van der Waals surface area contributed by atoms with Crippen LogP contribution in [0.4, 0.5) is 0 Å². The van der Waals surface area contributed by atoms with Crippen molar-refractivity contribution in [3.63, 3.8) is 0 Å². The van der Waals surface area contributed by atoms with Gasteiger partial charge in [-0.3, -0.25) is 0 Å². The molecule has 5 heteroatoms. The molecule has 0 aliphatic heterocycles. The van der Waals surface area contributed by atoms with Crippen molar-refractivity contribution < 1.29 is 13.2 Å². The molecule has 0 aromatic heterocycles. The zero-order valence-corrected chi connectivity index (χ0v) is 11.1. The summed E-state index contributed by atoms with van der Waals surface area (Å²) in [5.41, 5.74) is 0. The number of methoxy groups -OCH3 is 1. The fourth-order valence-electron chi connectivity index (χ4n) is 1.31. The quantitative estimate of drug-likeness (QED) is 0.825. The van der Waals surface area contributed by atoms with Gasteiger partial charge in [-0.05, 0) is 23.8 Å². The summed E-state index contributed by atoms with van der Waals surface area (Å²) in [5.74, 6) is 0.493. The smallest absolute Gasteiger partial charge is 0.182 e. The number of benzene rings is 1. The van der Waals surface area contributed by atoms with Gasteiger partial charge in [0.15, 0.2) is 9.84 Å². The molecule has 1 aromatic rings. The lowest BCUT2D eigenvalue weighted by atomic mass is 10.3. The van der Waals surface area contributed by atoms with Gasteiger partial charge in [0, 0.05) is 0 Å². The second kappa shape index (κ2) is 5.59. The minimum atomic E-state index is -3.27. The summed E-state index contributed by atoms with van der Waals surface area (Å²) >= 11 is 4.18. The van der Waals surface area contributed by atoms with E-state index in [9.17, 15) is 8.42 Å². The van der Waals surface area contributed by atoms with Crippen LogP contribution in [-0.2, 0) is 9.84 Å². The highest BCUT2D eigenvalue weighted by atomic mass is 32.2. The molecule has 0 bridgehead atoms. The molecule has 0 saturated carbocycles. The Balaban J connectivity index is 2.98. The molecule has 3 nitrogen and oxygen atoms in total. The van der Waals surface area contributed by atoms with E-state index in [4.69, 9.17) is 4.74 Å². The average molecular weight is 260 g/mol. The van der Waals surface area contributed by atoms with Gasteiger partial charge in [0.05, 0.1) is 12.9 Å². The maximum absolute atomic E-state index is 12.0. The fourth-order valence-corrected chi connectivity index (χ4v) is 3.24. The van der Waals surface area contributed by atoms with E-state index < -0.39 is 9.84 Å². The molecule has 0 saturated heterocycles. The van der Waals surface area contributed by atoms with Crippen molar-refractivity contribution in [2.45, 2.75) is 23.5 Å². The SMILES string of the molecule is COc1ccccc1S(=O)(=O)CCC(C)S. The number of sulfone groups is 1. The second-order valence-electron chi connectivity index (χ2n) is 3.61. The Morgan fingerprint density at radius 2 is 2.00 bits per heavy atom. The van der Waals surface area contributed by atoms with Gasteiger partial charge >= 0.3 is 0 Å². The Morgan fingerprint density at radius 1 is 1.38 bits per heavy atom. The minimum Gasteiger partial charge on any atom is -0.495 e. The molecule has 1 atom stereocenters. The molecule has 0 aliphatic rings. The topological polar surface area (TPSA) is 43.4 Å². The number of para-hydroxylation sites is 1. The monoisotopic (exact) mass is 260 g/mol. The number of rotatable bonds is 5. The zero-order chi connectivity index (χ0) is 12.2. The third-order valence-electron chi connectivity index (χ3n) is 2.21. The van der Waals surface area contributed by atoms with E-state index in [-0.39, 0.29) is 15.9 Å². The molecule has 0 spiro atoms. The molecule has 16 heavy (non-hydrogen) atoms. The molecule has 90 valence electrons. The van der Waals surface area contributed by atoms with Crippen molar-refractivity contribution in [2.24, 2.45) is 0 Å². The van der Waals surface area contributed by atoms with Crippen LogP contribution in [0.1, 0.15) is 13.3 Å². The molecule has 0 fully saturated rings. The summed E-state index contributed by atoms with van der Waals surface area (Å²) in [6.07, 6.45) is 0.531. The Morgan fingerprint density at radius 3 is 2.56 bits per heavy atom. The first-order chi connectivity index (χ1) is 7.47. The molecule has 1 aromatic carbocycles. The number of hydrogen-bond acceptors (Lipinski definition) is 4. The molecule has 1 rings (SSSR count). The summed E-state index contributed by atoms with van der Waals surface area (Å²) < 4.78 is 29.0. The molecule has 0 N–H and O–H groups in total. The van der Waals surface area contributed by atoms with Gasteiger partial charge in [-0.25, -0.2) is 8.42 Å². The fraction of sp³-hybridized carbons (Fsp3) is 0.455. The highest BCUT2D eigenvalue weighted by Crippen LogP contribution is 2.24. The maximum atomic E-state index is 12.0. The highest BCUT2D eigenvalue weighted by molar-refractivity contribution is 7.91. The van der Waals surface area contributed by atoms with Crippen molar-refractivity contribution >= 4 is 22.5 Å². The molecular formula is C11H16O3S2. The van der Waals surface area contributed by atoms with Crippen LogP contribution in [-0.4, -0.2) is 26.5 Å². The van der Waals surface area contributed by atoms with E-state index in [1.165, 1.54) is 7.11 Å². The van der Waals surface area contributed by atoms with Crippen LogP contribution in [0.2, 0.25) is 0 Å². The third kappa shape index (κ3) is 3.42. The van der Waals surface area contributed by atoms with Crippen molar-refractivity contribution in [3.05, 3.63) is 24.3 Å². The van der Waals surface area contributed by atoms with E-state index in [1.807, 2.05) is 6.92 Å². The van der Waals surface area contributed by atoms with Crippen molar-refractivity contribution in [2.75, 3.05) is 12.9 Å². The first-order valence-corrected chi connectivity index (χ1v) is 7.18. The molecule has 0 aliphatic carbocycles. The predicted molar refractivity (Wildman–Crippen MR) is 68.1 cm³/mol. The molecule has 1 unspecified atom stereocenters. The van der Waals surface area contributed by atoms with Crippen LogP contribution in [0.3, 0.4) is 0 Å². The van der Waals surface area contributed by atoms with Gasteiger partial charge < -0.3 is 4.74 Å². The van der Waals surface area contributed by atoms with Gasteiger partial charge in [0.25, 0.3) is 0 Å². The Kier molecular flexibility index (Phi) is 4.68. The maximum Gasteiger partial charge on any atom is 0.182 e. The lowest BCUT2D eigenvalue weighted by Crippen LogP contribution is -2.11. The molecule has 0 amide bonds. The highest BCUT2D eigenvalue weighted by Gasteiger charge is 2.19. The summed E-state index contributed by atoms with van der Waals surface area (Å²) in [4.78, 5) is 0.256. The van der Waals surface area contributed by atoms with E-state index in [2.05, 4.69) is 12.6 Å². The number of hydrogen-bond donors (Lipinski definition) is 1. The average Bonchev–Trinajstić information content (AvgIpc) is 2.26. The Bertz CT molecular complexity index is 438. The van der Waals surface area contributed by atoms with Crippen LogP contribution in [0.5, 0.6) is 5.75 Å². The van der Waals surface area contributed by atoms with E-state index >= 15 is 0 Å². The van der Waals surface area contributed by atoms with Crippen molar-refractivity contribution in [3.8, 4) is 5.75 Å². The van der Waals surface area contributed by atoms with Crippen LogP contribution in [0.15, 0.2) is 29.2 Å². The van der Waals surface area contributed by atoms with E-state index in [1.54, 1.807) is 24.3 Å². The Labute approximate surface area is 102 Å². The number of thiol groups is 1. The Hall–Kier alpha value is -0.680. The summed E-state index contributed by atoms with van der Waals surface area (Å²) in [6, 6.07) is 6.66. The van der Waals surface area contributed by atoms with E-state index in [0.29, 0.717) is 12.2 Å². The van der Waals surface area contributed by atoms with Crippen LogP contribution in [0, 0.1) is 0 Å². The lowest BCUT2D eigenvalue weighted by molar-refractivity contribution is 0.402. The zero-order valence-electron chi connectivity index (χ0n) is 9.38. The van der Waals surface area contributed by atoms with Gasteiger partial charge in [0.2, 0.25) is 0 Å². The third-order valence-corrected chi connectivity index (χ3v) is 4.25. The largest absolute Gasteiger partial charge is 0.495 e. The van der Waals surface area contributed by atoms with Gasteiger partial charge in [-0.2, -0.15) is 12.6 Å². The molecule has 0 heterocycles. The number of ether oxygens (including phenoxy) is 1. The van der Waals surface area contributed by atoms with Crippen LogP contribution < -0.4 is 4.74 Å². The van der Waals surface area contributed by atoms with Crippen LogP contribution in [0.25, 0.3) is 0 Å². The van der Waals surface area contributed by atoms with Crippen molar-refractivity contribution in [1.29, 1.82) is 0 Å². The minimum absolute atomic E-state index is 0.0736. The van der Waals surface area contributed by atoms with Crippen LogP contribution >= 0.6 is 12.6 Å². The summed E-state index contributed by atoms with van der Waals surface area (Å²) in [5, 5.41) is 0.0736. The predicted octanol–water partition coefficient (Wildman–Crippen LogP) is 2.18. The summed E-state index contributed by atoms with van der Waals surface area (Å²) in [7, 11) is -1.80. The molecule has 0 radical (unpaired) electrons. The van der Waals surface area contributed by atoms with E-state index in [0.717, 1.165) is 0 Å². The van der Waals surface area contributed by atoms with Crippen molar-refractivity contribution in [1.82, 2.24) is 0 Å². The standard InChI is InChI=1S/C11H16O3S2/c1-9(15)7-8-16(12,13)11-6-4-3-5-10(11)14-2/h3-6,9,15H,7-8H2,1-2H3. The van der Waals surface area contributed by atoms with Gasteiger partial charge in [-0.1, -0.05) is 19.1 Å². The van der Waals surface area contributed by atoms with Gasteiger partial charge in [-0.15, -0.1) is 0 Å². The lowest BCUT2D eigenvalue weighted by Gasteiger charge is -2.09. The first kappa shape index (κ1) is 13.4. The molecular weight excluding hydrogens is 244 g/mol. The second-order valence-corrected chi connectivity index (χ2v) is 6.57. The first-order valence-electron chi connectivity index (χ1n) is 5.01.